The van der Waals surface area contributed by atoms with Gasteiger partial charge in [0.2, 0.25) is 0 Å². The summed E-state index contributed by atoms with van der Waals surface area (Å²) in [5.74, 6) is -0.703. The van der Waals surface area contributed by atoms with E-state index in [-0.39, 0.29) is 59.7 Å². The smallest absolute Gasteiger partial charge is 0.327 e. The average Bonchev–Trinajstić information content (AvgIpc) is 3.83. The van der Waals surface area contributed by atoms with Crippen LogP contribution in [0.2, 0.25) is 0 Å². The molecule has 0 amide bonds. The molecule has 3 saturated heterocycles. The lowest BCUT2D eigenvalue weighted by atomic mass is 9.49. The Kier molecular flexibility index (Phi) is 4.43. The minimum atomic E-state index is -1.02. The zero-order valence-corrected chi connectivity index (χ0v) is 22.5. The topological polar surface area (TPSA) is 65.1 Å². The molecule has 6 nitrogen and oxygen atoms in total. The lowest BCUT2D eigenvalue weighted by Crippen LogP contribution is -2.60. The van der Waals surface area contributed by atoms with Gasteiger partial charge in [-0.15, -0.1) is 0 Å². The van der Waals surface area contributed by atoms with Crippen LogP contribution in [-0.4, -0.2) is 42.1 Å². The van der Waals surface area contributed by atoms with Gasteiger partial charge in [0.15, 0.2) is 0 Å². The third-order valence-corrected chi connectivity index (χ3v) is 11.6. The van der Waals surface area contributed by atoms with Crippen LogP contribution in [-0.2, 0) is 30.3 Å². The van der Waals surface area contributed by atoms with Crippen molar-refractivity contribution in [2.24, 2.45) is 23.7 Å². The van der Waals surface area contributed by atoms with Gasteiger partial charge < -0.3 is 14.2 Å². The highest BCUT2D eigenvalue weighted by molar-refractivity contribution is 5.93. The summed E-state index contributed by atoms with van der Waals surface area (Å²) in [6.45, 7) is 0.469. The number of nitrogens with zero attached hydrogens (tertiary/aromatic N) is 1. The molecule has 6 aliphatic rings. The lowest BCUT2D eigenvalue weighted by molar-refractivity contribution is -0.167. The molecule has 2 aliphatic carbocycles. The molecule has 4 fully saturated rings. The van der Waals surface area contributed by atoms with Crippen molar-refractivity contribution in [3.63, 3.8) is 0 Å². The molecule has 0 aromatic heterocycles. The molecule has 3 aromatic carbocycles. The van der Waals surface area contributed by atoms with Gasteiger partial charge in [0.1, 0.15) is 11.1 Å². The maximum Gasteiger partial charge on any atom is 0.327 e. The first-order valence-corrected chi connectivity index (χ1v) is 14.4. The van der Waals surface area contributed by atoms with Crippen LogP contribution in [0.1, 0.15) is 58.3 Å². The Bertz CT molecular complexity index is 1420. The first-order valence-electron chi connectivity index (χ1n) is 14.4. The van der Waals surface area contributed by atoms with Crippen molar-refractivity contribution in [2.75, 3.05) is 14.2 Å². The fourth-order valence-electron chi connectivity index (χ4n) is 10.9. The highest BCUT2D eigenvalue weighted by atomic mass is 16.5. The van der Waals surface area contributed by atoms with Crippen molar-refractivity contribution < 1.29 is 23.8 Å². The molecule has 0 spiro atoms. The number of hydrogen-bond acceptors (Lipinski definition) is 6. The summed E-state index contributed by atoms with van der Waals surface area (Å²) in [4.78, 5) is 31.6. The van der Waals surface area contributed by atoms with Gasteiger partial charge in [0.25, 0.3) is 0 Å². The standard InChI is InChI=1S/C34H31NO5/c1-38-31(36)33-25-23-16-24(20-13-7-6-12-19(20)23)26(25)34(32(37)39-2,35(33)17-18-10-4-3-5-11-18)28-27(33)29-21-14-8-9-15-22(21)30(28)40-29/h3-15,23-30H,16-17H2,1-2H3/t23-,24+,25-,26+,27-,28+,29+,30-,33-,34+. The van der Waals surface area contributed by atoms with Crippen LogP contribution in [0.4, 0.5) is 0 Å². The van der Waals surface area contributed by atoms with Crippen molar-refractivity contribution in [3.05, 3.63) is 107 Å². The predicted octanol–water partition coefficient (Wildman–Crippen LogP) is 4.92. The molecule has 4 aliphatic heterocycles. The minimum Gasteiger partial charge on any atom is -0.468 e. The maximum absolute atomic E-state index is 14.6. The molecular formula is C34H31NO5. The molecule has 9 rings (SSSR count). The molecule has 4 heterocycles. The van der Waals surface area contributed by atoms with Crippen LogP contribution >= 0.6 is 0 Å². The Morgan fingerprint density at radius 2 is 1.15 bits per heavy atom. The van der Waals surface area contributed by atoms with E-state index in [2.05, 4.69) is 53.4 Å². The van der Waals surface area contributed by atoms with Gasteiger partial charge >= 0.3 is 11.9 Å². The SMILES string of the molecule is COC(=O)[C@]12[C@@H]3[C@@H]([C@@H]4O[C@H]3c3ccccc34)[C@](C(=O)OC)([C@@H]3[C@H]1[C@@H]1C[C@H]3c3ccccc31)N2Cc1ccccc1. The Labute approximate surface area is 233 Å². The Morgan fingerprint density at radius 1 is 0.700 bits per heavy atom. The predicted molar refractivity (Wildman–Crippen MR) is 145 cm³/mol. The summed E-state index contributed by atoms with van der Waals surface area (Å²) in [6, 6.07) is 27.2. The number of carbonyl (C=O) groups is 2. The Morgan fingerprint density at radius 3 is 1.62 bits per heavy atom. The second-order valence-corrected chi connectivity index (χ2v) is 12.5. The van der Waals surface area contributed by atoms with Crippen LogP contribution < -0.4 is 0 Å². The lowest BCUT2D eigenvalue weighted by Gasteiger charge is -2.49. The number of hydrogen-bond donors (Lipinski definition) is 0. The fourth-order valence-corrected chi connectivity index (χ4v) is 10.9. The maximum atomic E-state index is 14.6. The summed E-state index contributed by atoms with van der Waals surface area (Å²) in [5, 5.41) is 0. The quantitative estimate of drug-likeness (QED) is 0.444. The number of carbonyl (C=O) groups excluding carboxylic acids is 2. The molecule has 40 heavy (non-hydrogen) atoms. The average molecular weight is 534 g/mol. The highest BCUT2D eigenvalue weighted by Crippen LogP contribution is 2.83. The summed E-state index contributed by atoms with van der Waals surface area (Å²) in [7, 11) is 3.00. The second-order valence-electron chi connectivity index (χ2n) is 12.5. The van der Waals surface area contributed by atoms with Crippen molar-refractivity contribution in [1.82, 2.24) is 4.90 Å². The Balaban J connectivity index is 1.37. The monoisotopic (exact) mass is 533 g/mol. The number of rotatable bonds is 4. The molecule has 10 atom stereocenters. The number of benzene rings is 3. The molecule has 0 N–H and O–H groups in total. The van der Waals surface area contributed by atoms with Crippen molar-refractivity contribution in [2.45, 2.75) is 48.1 Å². The zero-order valence-electron chi connectivity index (χ0n) is 22.5. The van der Waals surface area contributed by atoms with Gasteiger partial charge in [0, 0.05) is 30.2 Å². The molecular weight excluding hydrogens is 502 g/mol. The summed E-state index contributed by atoms with van der Waals surface area (Å²) < 4.78 is 18.4. The van der Waals surface area contributed by atoms with Crippen molar-refractivity contribution >= 4 is 11.9 Å². The normalized spacial score (nSPS) is 40.5. The summed E-state index contributed by atoms with van der Waals surface area (Å²) in [5.41, 5.74) is 3.96. The van der Waals surface area contributed by atoms with E-state index in [0.717, 1.165) is 23.1 Å². The molecule has 0 unspecified atom stereocenters. The fraction of sp³-hybridized carbons (Fsp3) is 0.412. The number of esters is 2. The second kappa shape index (κ2) is 7.62. The van der Waals surface area contributed by atoms with E-state index in [4.69, 9.17) is 14.2 Å². The van der Waals surface area contributed by atoms with Crippen LogP contribution in [0, 0.1) is 23.7 Å². The van der Waals surface area contributed by atoms with Gasteiger partial charge in [0.05, 0.1) is 26.4 Å². The van der Waals surface area contributed by atoms with Gasteiger partial charge in [-0.25, -0.2) is 0 Å². The van der Waals surface area contributed by atoms with Gasteiger partial charge in [-0.05, 0) is 46.1 Å². The summed E-state index contributed by atoms with van der Waals surface area (Å²) >= 11 is 0. The first kappa shape index (κ1) is 23.2. The minimum absolute atomic E-state index is 0.0703. The molecule has 1 saturated carbocycles. The zero-order chi connectivity index (χ0) is 27.0. The molecule has 6 heteroatoms. The van der Waals surface area contributed by atoms with E-state index in [1.54, 1.807) is 0 Å². The van der Waals surface area contributed by atoms with Crippen molar-refractivity contribution in [3.8, 4) is 0 Å². The molecule has 202 valence electrons. The van der Waals surface area contributed by atoms with Gasteiger partial charge in [-0.3, -0.25) is 14.5 Å². The van der Waals surface area contributed by atoms with E-state index >= 15 is 0 Å². The van der Waals surface area contributed by atoms with Crippen LogP contribution in [0.25, 0.3) is 0 Å². The van der Waals surface area contributed by atoms with Crippen LogP contribution in [0.5, 0.6) is 0 Å². The third kappa shape index (κ3) is 2.28. The number of fused-ring (bicyclic) bond motifs is 22. The largest absolute Gasteiger partial charge is 0.468 e. The first-order chi connectivity index (χ1) is 19.6. The van der Waals surface area contributed by atoms with E-state index in [1.165, 1.54) is 25.3 Å². The number of ether oxygens (including phenoxy) is 3. The van der Waals surface area contributed by atoms with E-state index < -0.39 is 11.1 Å². The van der Waals surface area contributed by atoms with E-state index in [1.807, 2.05) is 30.3 Å². The molecule has 0 radical (unpaired) electrons. The van der Waals surface area contributed by atoms with Crippen LogP contribution in [0.3, 0.4) is 0 Å². The van der Waals surface area contributed by atoms with Crippen molar-refractivity contribution in [1.29, 1.82) is 0 Å². The van der Waals surface area contributed by atoms with Crippen LogP contribution in [0.15, 0.2) is 78.9 Å². The molecule has 6 bridgehead atoms. The van der Waals surface area contributed by atoms with Gasteiger partial charge in [-0.2, -0.15) is 0 Å². The molecule has 3 aromatic rings. The van der Waals surface area contributed by atoms with E-state index in [0.29, 0.717) is 6.54 Å². The Hall–Kier alpha value is -3.48. The summed E-state index contributed by atoms with van der Waals surface area (Å²) in [6.07, 6.45) is 0.407. The highest BCUT2D eigenvalue weighted by Gasteiger charge is 2.91. The number of methoxy groups -OCH3 is 2. The third-order valence-electron chi connectivity index (χ3n) is 11.6. The van der Waals surface area contributed by atoms with Gasteiger partial charge in [-0.1, -0.05) is 78.9 Å². The van der Waals surface area contributed by atoms with E-state index in [9.17, 15) is 9.59 Å².